The molecule has 2 aliphatic rings. The monoisotopic (exact) mass is 230 g/mol. The highest BCUT2D eigenvalue weighted by molar-refractivity contribution is 4.93. The second-order valence-corrected chi connectivity index (χ2v) is 5.05. The van der Waals surface area contributed by atoms with Gasteiger partial charge in [-0.25, -0.2) is 0 Å². The Hall–Kier alpha value is -0.160. The highest BCUT2D eigenvalue weighted by Crippen LogP contribution is 2.37. The van der Waals surface area contributed by atoms with Gasteiger partial charge in [0.1, 0.15) is 0 Å². The maximum Gasteiger partial charge on any atom is 0.0940 e. The third kappa shape index (κ3) is 2.40. The van der Waals surface area contributed by atoms with Gasteiger partial charge in [0.05, 0.1) is 24.4 Å². The molecule has 4 unspecified atom stereocenters. The van der Waals surface area contributed by atoms with Crippen LogP contribution in [0.15, 0.2) is 0 Å². The zero-order valence-corrected chi connectivity index (χ0v) is 9.89. The molecule has 0 aromatic heterocycles. The highest BCUT2D eigenvalue weighted by atomic mass is 16.6. The topological polar surface area (TPSA) is 58.9 Å². The Morgan fingerprint density at radius 3 is 2.81 bits per heavy atom. The second kappa shape index (κ2) is 5.00. The summed E-state index contributed by atoms with van der Waals surface area (Å²) in [6, 6.07) is 0. The minimum absolute atomic E-state index is 0.144. The third-order valence-electron chi connectivity index (χ3n) is 3.89. The van der Waals surface area contributed by atoms with Crippen molar-refractivity contribution >= 4 is 0 Å². The molecule has 94 valence electrons. The van der Waals surface area contributed by atoms with Gasteiger partial charge in [0, 0.05) is 19.6 Å². The molecular formula is C12H22O4. The van der Waals surface area contributed by atoms with Gasteiger partial charge in [0.15, 0.2) is 0 Å². The van der Waals surface area contributed by atoms with Gasteiger partial charge in [-0.2, -0.15) is 0 Å². The molecule has 0 aromatic rings. The molecule has 0 aromatic carbocycles. The van der Waals surface area contributed by atoms with Gasteiger partial charge in [-0.05, 0) is 25.2 Å². The predicted molar refractivity (Wildman–Crippen MR) is 59.1 cm³/mol. The quantitative estimate of drug-likeness (QED) is 0.749. The molecule has 2 saturated heterocycles. The summed E-state index contributed by atoms with van der Waals surface area (Å²) in [5.74, 6) is 0.144. The van der Waals surface area contributed by atoms with Crippen LogP contribution in [0.1, 0.15) is 32.6 Å². The molecule has 4 nitrogen and oxygen atoms in total. The Morgan fingerprint density at radius 1 is 1.38 bits per heavy atom. The van der Waals surface area contributed by atoms with Crippen molar-refractivity contribution in [3.8, 4) is 0 Å². The van der Waals surface area contributed by atoms with Crippen molar-refractivity contribution < 1.29 is 19.7 Å². The summed E-state index contributed by atoms with van der Waals surface area (Å²) in [4.78, 5) is 0. The second-order valence-electron chi connectivity index (χ2n) is 5.05. The van der Waals surface area contributed by atoms with Gasteiger partial charge in [-0.3, -0.25) is 0 Å². The van der Waals surface area contributed by atoms with Crippen LogP contribution in [0, 0.1) is 5.92 Å². The maximum atomic E-state index is 10.0. The number of ether oxygens (including phenoxy) is 2. The average molecular weight is 230 g/mol. The van der Waals surface area contributed by atoms with E-state index in [-0.39, 0.29) is 11.5 Å². The van der Waals surface area contributed by atoms with Gasteiger partial charge in [-0.1, -0.05) is 6.92 Å². The molecule has 2 N–H and O–H groups in total. The summed E-state index contributed by atoms with van der Waals surface area (Å²) >= 11 is 0. The van der Waals surface area contributed by atoms with E-state index in [1.807, 2.05) is 6.92 Å². The fourth-order valence-electron chi connectivity index (χ4n) is 2.78. The van der Waals surface area contributed by atoms with Crippen molar-refractivity contribution in [2.45, 2.75) is 50.4 Å². The Balaban J connectivity index is 1.95. The standard InChI is InChI=1S/C12H22O4/c1-2-10(13)11(14)9-3-5-16-12(7-9)4-6-15-8-12/h9-11,13-14H,2-8H2,1H3. The largest absolute Gasteiger partial charge is 0.390 e. The van der Waals surface area contributed by atoms with Crippen LogP contribution in [0.5, 0.6) is 0 Å². The number of aliphatic hydroxyl groups excluding tert-OH is 2. The Labute approximate surface area is 96.6 Å². The molecule has 1 spiro atoms. The van der Waals surface area contributed by atoms with Crippen molar-refractivity contribution in [2.75, 3.05) is 19.8 Å². The molecule has 2 fully saturated rings. The molecule has 0 aliphatic carbocycles. The van der Waals surface area contributed by atoms with E-state index in [0.29, 0.717) is 19.6 Å². The molecule has 2 aliphatic heterocycles. The zero-order valence-electron chi connectivity index (χ0n) is 9.89. The van der Waals surface area contributed by atoms with E-state index in [0.717, 1.165) is 25.9 Å². The molecule has 0 bridgehead atoms. The van der Waals surface area contributed by atoms with Crippen molar-refractivity contribution in [3.63, 3.8) is 0 Å². The lowest BCUT2D eigenvalue weighted by atomic mass is 9.80. The van der Waals surface area contributed by atoms with Crippen LogP contribution in [-0.4, -0.2) is 47.8 Å². The first-order valence-electron chi connectivity index (χ1n) is 6.25. The summed E-state index contributed by atoms with van der Waals surface area (Å²) in [6.07, 6.45) is 1.93. The minimum atomic E-state index is -0.619. The summed E-state index contributed by atoms with van der Waals surface area (Å²) in [7, 11) is 0. The van der Waals surface area contributed by atoms with E-state index in [2.05, 4.69) is 0 Å². The zero-order chi connectivity index (χ0) is 11.6. The van der Waals surface area contributed by atoms with Gasteiger partial charge in [0.25, 0.3) is 0 Å². The first-order valence-corrected chi connectivity index (χ1v) is 6.25. The fraction of sp³-hybridized carbons (Fsp3) is 1.00. The number of aliphatic hydroxyl groups is 2. The summed E-state index contributed by atoms with van der Waals surface area (Å²) in [5.41, 5.74) is -0.183. The van der Waals surface area contributed by atoms with Crippen molar-refractivity contribution in [3.05, 3.63) is 0 Å². The average Bonchev–Trinajstić information content (AvgIpc) is 2.75. The van der Waals surface area contributed by atoms with E-state index in [9.17, 15) is 10.2 Å². The number of hydrogen-bond donors (Lipinski definition) is 2. The Kier molecular flexibility index (Phi) is 3.85. The molecule has 4 atom stereocenters. The van der Waals surface area contributed by atoms with Crippen LogP contribution in [0.3, 0.4) is 0 Å². The first kappa shape index (κ1) is 12.3. The molecule has 0 amide bonds. The van der Waals surface area contributed by atoms with Crippen molar-refractivity contribution in [1.29, 1.82) is 0 Å². The van der Waals surface area contributed by atoms with Gasteiger partial charge >= 0.3 is 0 Å². The minimum Gasteiger partial charge on any atom is -0.390 e. The van der Waals surface area contributed by atoms with E-state index in [4.69, 9.17) is 9.47 Å². The van der Waals surface area contributed by atoms with Gasteiger partial charge in [-0.15, -0.1) is 0 Å². The number of rotatable bonds is 3. The molecule has 4 heteroatoms. The summed E-state index contributed by atoms with van der Waals surface area (Å²) in [6.45, 7) is 3.95. The smallest absolute Gasteiger partial charge is 0.0940 e. The third-order valence-corrected chi connectivity index (χ3v) is 3.89. The number of hydrogen-bond acceptors (Lipinski definition) is 4. The van der Waals surface area contributed by atoms with E-state index >= 15 is 0 Å². The Bertz CT molecular complexity index is 225. The van der Waals surface area contributed by atoms with Gasteiger partial charge < -0.3 is 19.7 Å². The van der Waals surface area contributed by atoms with Crippen molar-refractivity contribution in [1.82, 2.24) is 0 Å². The summed E-state index contributed by atoms with van der Waals surface area (Å²) in [5, 5.41) is 19.7. The molecule has 0 radical (unpaired) electrons. The molecule has 16 heavy (non-hydrogen) atoms. The van der Waals surface area contributed by atoms with Crippen LogP contribution < -0.4 is 0 Å². The SMILES string of the molecule is CCC(O)C(O)C1CCOC2(CCOC2)C1. The van der Waals surface area contributed by atoms with E-state index in [1.165, 1.54) is 0 Å². The Morgan fingerprint density at radius 2 is 2.19 bits per heavy atom. The van der Waals surface area contributed by atoms with Crippen LogP contribution in [0.4, 0.5) is 0 Å². The van der Waals surface area contributed by atoms with Crippen LogP contribution in [0.25, 0.3) is 0 Å². The van der Waals surface area contributed by atoms with E-state index in [1.54, 1.807) is 0 Å². The van der Waals surface area contributed by atoms with E-state index < -0.39 is 12.2 Å². The lowest BCUT2D eigenvalue weighted by Crippen LogP contribution is -2.46. The fourth-order valence-corrected chi connectivity index (χ4v) is 2.78. The van der Waals surface area contributed by atoms with Crippen LogP contribution in [-0.2, 0) is 9.47 Å². The predicted octanol–water partition coefficient (Wildman–Crippen LogP) is 0.704. The van der Waals surface area contributed by atoms with Gasteiger partial charge in [0.2, 0.25) is 0 Å². The molecule has 2 heterocycles. The lowest BCUT2D eigenvalue weighted by molar-refractivity contribution is -0.131. The maximum absolute atomic E-state index is 10.0. The molecule has 2 rings (SSSR count). The summed E-state index contributed by atoms with van der Waals surface area (Å²) < 4.78 is 11.2. The van der Waals surface area contributed by atoms with Crippen LogP contribution >= 0.6 is 0 Å². The molecule has 0 saturated carbocycles. The van der Waals surface area contributed by atoms with Crippen molar-refractivity contribution in [2.24, 2.45) is 5.92 Å². The molecular weight excluding hydrogens is 208 g/mol. The normalized spacial score (nSPS) is 38.8. The first-order chi connectivity index (χ1) is 7.67. The highest BCUT2D eigenvalue weighted by Gasteiger charge is 2.43. The van der Waals surface area contributed by atoms with Crippen LogP contribution in [0.2, 0.25) is 0 Å². The lowest BCUT2D eigenvalue weighted by Gasteiger charge is -2.39.